The molecule has 0 fully saturated rings. The molecular formula is C23H29BrN2O4S. The van der Waals surface area contributed by atoms with Crippen LogP contribution in [-0.2, 0) is 4.74 Å². The number of amides is 1. The van der Waals surface area contributed by atoms with E-state index in [1.165, 1.54) is 0 Å². The zero-order valence-corrected chi connectivity index (χ0v) is 20.5. The van der Waals surface area contributed by atoms with E-state index in [1.807, 2.05) is 31.2 Å². The molecule has 2 N–H and O–H groups in total. The molecule has 0 bridgehead atoms. The van der Waals surface area contributed by atoms with Gasteiger partial charge in [0.05, 0.1) is 17.7 Å². The van der Waals surface area contributed by atoms with Crippen LogP contribution < -0.4 is 20.1 Å². The maximum atomic E-state index is 12.5. The van der Waals surface area contributed by atoms with E-state index < -0.39 is 0 Å². The Hall–Kier alpha value is -2.16. The van der Waals surface area contributed by atoms with Crippen molar-refractivity contribution in [1.29, 1.82) is 0 Å². The molecule has 0 saturated carbocycles. The van der Waals surface area contributed by atoms with Gasteiger partial charge in [-0.2, -0.15) is 0 Å². The third-order valence-electron chi connectivity index (χ3n) is 4.17. The molecule has 0 heterocycles. The largest absolute Gasteiger partial charge is 0.492 e. The van der Waals surface area contributed by atoms with Crippen LogP contribution in [-0.4, -0.2) is 37.4 Å². The van der Waals surface area contributed by atoms with Crippen LogP contribution in [0.5, 0.6) is 11.5 Å². The number of benzene rings is 2. The van der Waals surface area contributed by atoms with Crippen molar-refractivity contribution in [2.24, 2.45) is 5.92 Å². The number of hydrogen-bond donors (Lipinski definition) is 2. The summed E-state index contributed by atoms with van der Waals surface area (Å²) in [6.07, 6.45) is 0.966. The van der Waals surface area contributed by atoms with Gasteiger partial charge >= 0.3 is 0 Å². The molecule has 2 aromatic carbocycles. The van der Waals surface area contributed by atoms with Gasteiger partial charge in [-0.1, -0.05) is 19.9 Å². The zero-order valence-electron chi connectivity index (χ0n) is 18.1. The normalized spacial score (nSPS) is 10.6. The van der Waals surface area contributed by atoms with Gasteiger partial charge < -0.3 is 19.5 Å². The lowest BCUT2D eigenvalue weighted by atomic mass is 10.1. The topological polar surface area (TPSA) is 68.8 Å². The Kier molecular flexibility index (Phi) is 10.8. The fraction of sp³-hybridized carbons (Fsp3) is 0.391. The lowest BCUT2D eigenvalue weighted by Gasteiger charge is -2.13. The van der Waals surface area contributed by atoms with Crippen molar-refractivity contribution in [1.82, 2.24) is 5.32 Å². The summed E-state index contributed by atoms with van der Waals surface area (Å²) in [5.41, 5.74) is 1.19. The molecule has 6 nitrogen and oxygen atoms in total. The first-order valence-electron chi connectivity index (χ1n) is 10.2. The molecule has 0 aliphatic carbocycles. The molecule has 0 unspecified atom stereocenters. The highest BCUT2D eigenvalue weighted by Crippen LogP contribution is 2.26. The van der Waals surface area contributed by atoms with Gasteiger partial charge in [-0.05, 0) is 77.7 Å². The molecule has 168 valence electrons. The highest BCUT2D eigenvalue weighted by molar-refractivity contribution is 9.10. The Morgan fingerprint density at radius 1 is 1.10 bits per heavy atom. The minimum atomic E-state index is -0.309. The summed E-state index contributed by atoms with van der Waals surface area (Å²) in [7, 11) is 0. The van der Waals surface area contributed by atoms with Crippen LogP contribution in [0.3, 0.4) is 0 Å². The average molecular weight is 509 g/mol. The van der Waals surface area contributed by atoms with E-state index >= 15 is 0 Å². The van der Waals surface area contributed by atoms with E-state index in [0.717, 1.165) is 10.9 Å². The number of rotatable bonds is 11. The van der Waals surface area contributed by atoms with Crippen LogP contribution in [0.4, 0.5) is 5.69 Å². The Labute approximate surface area is 197 Å². The maximum Gasteiger partial charge on any atom is 0.257 e. The van der Waals surface area contributed by atoms with E-state index in [4.69, 9.17) is 26.4 Å². The van der Waals surface area contributed by atoms with Gasteiger partial charge in [0.25, 0.3) is 5.91 Å². The lowest BCUT2D eigenvalue weighted by Crippen LogP contribution is -2.34. The van der Waals surface area contributed by atoms with Gasteiger partial charge in [-0.25, -0.2) is 0 Å². The van der Waals surface area contributed by atoms with Crippen LogP contribution in [0.2, 0.25) is 0 Å². The van der Waals surface area contributed by atoms with Gasteiger partial charge in [-0.3, -0.25) is 10.1 Å². The Morgan fingerprint density at radius 3 is 2.61 bits per heavy atom. The molecule has 31 heavy (non-hydrogen) atoms. The van der Waals surface area contributed by atoms with Crippen molar-refractivity contribution in [2.45, 2.75) is 27.2 Å². The second kappa shape index (κ2) is 13.3. The molecule has 0 aliphatic rings. The highest BCUT2D eigenvalue weighted by atomic mass is 79.9. The first kappa shape index (κ1) is 25.1. The lowest BCUT2D eigenvalue weighted by molar-refractivity contribution is 0.0977. The molecule has 2 aromatic rings. The number of nitrogens with one attached hydrogen (secondary N) is 2. The van der Waals surface area contributed by atoms with E-state index in [1.54, 1.807) is 18.2 Å². The van der Waals surface area contributed by atoms with Crippen molar-refractivity contribution in [3.8, 4) is 11.5 Å². The van der Waals surface area contributed by atoms with E-state index in [-0.39, 0.29) is 11.0 Å². The Balaban J connectivity index is 1.88. The van der Waals surface area contributed by atoms with Crippen molar-refractivity contribution in [2.75, 3.05) is 31.7 Å². The molecule has 0 spiro atoms. The average Bonchev–Trinajstić information content (AvgIpc) is 2.72. The third-order valence-corrected chi connectivity index (χ3v) is 4.99. The van der Waals surface area contributed by atoms with Crippen molar-refractivity contribution < 1.29 is 19.0 Å². The smallest absolute Gasteiger partial charge is 0.257 e. The predicted molar refractivity (Wildman–Crippen MR) is 131 cm³/mol. The molecule has 0 atom stereocenters. The first-order valence-corrected chi connectivity index (χ1v) is 11.4. The van der Waals surface area contributed by atoms with Crippen LogP contribution >= 0.6 is 28.1 Å². The molecule has 0 saturated heterocycles. The minimum absolute atomic E-state index is 0.199. The summed E-state index contributed by atoms with van der Waals surface area (Å²) in [4.78, 5) is 12.5. The molecule has 0 aliphatic heterocycles. The number of anilines is 1. The van der Waals surface area contributed by atoms with Crippen molar-refractivity contribution in [3.05, 3.63) is 52.5 Å². The fourth-order valence-corrected chi connectivity index (χ4v) is 3.23. The zero-order chi connectivity index (χ0) is 22.6. The SMILES string of the molecule is CCOCCOc1cccc(NC(=S)NC(=O)c2ccc(OCCC(C)C)c(Br)c2)c1. The number of carbonyl (C=O) groups excluding carboxylic acids is 1. The highest BCUT2D eigenvalue weighted by Gasteiger charge is 2.11. The van der Waals surface area contributed by atoms with Gasteiger partial charge in [0.2, 0.25) is 0 Å². The Morgan fingerprint density at radius 2 is 1.90 bits per heavy atom. The Bertz CT molecular complexity index is 876. The second-order valence-corrected chi connectivity index (χ2v) is 8.42. The van der Waals surface area contributed by atoms with Crippen LogP contribution in [0.1, 0.15) is 37.6 Å². The van der Waals surface area contributed by atoms with Crippen LogP contribution in [0.25, 0.3) is 0 Å². The third kappa shape index (κ3) is 9.25. The van der Waals surface area contributed by atoms with E-state index in [9.17, 15) is 4.79 Å². The summed E-state index contributed by atoms with van der Waals surface area (Å²) in [5, 5.41) is 5.89. The molecular weight excluding hydrogens is 480 g/mol. The molecule has 2 rings (SSSR count). The summed E-state index contributed by atoms with van der Waals surface area (Å²) in [6.45, 7) is 8.51. The quantitative estimate of drug-likeness (QED) is 0.312. The fourth-order valence-electron chi connectivity index (χ4n) is 2.53. The van der Waals surface area contributed by atoms with Crippen molar-refractivity contribution in [3.63, 3.8) is 0 Å². The minimum Gasteiger partial charge on any atom is -0.492 e. The maximum absolute atomic E-state index is 12.5. The second-order valence-electron chi connectivity index (χ2n) is 7.16. The predicted octanol–water partition coefficient (Wildman–Crippen LogP) is 5.42. The molecule has 0 radical (unpaired) electrons. The summed E-state index contributed by atoms with van der Waals surface area (Å²) < 4.78 is 17.4. The standard InChI is InChI=1S/C23H29BrN2O4S/c1-4-28-12-13-29-19-7-5-6-18(15-19)25-23(31)26-22(27)17-8-9-21(20(24)14-17)30-11-10-16(2)3/h5-9,14-16H,4,10-13H2,1-3H3,(H2,25,26,27,31). The monoisotopic (exact) mass is 508 g/mol. The number of halogens is 1. The summed E-state index contributed by atoms with van der Waals surface area (Å²) in [6, 6.07) is 12.5. The van der Waals surface area contributed by atoms with Crippen molar-refractivity contribution >= 4 is 44.9 Å². The molecule has 0 aromatic heterocycles. The molecule has 1 amide bonds. The van der Waals surface area contributed by atoms with Gasteiger partial charge in [0, 0.05) is 23.9 Å². The van der Waals surface area contributed by atoms with Crippen LogP contribution in [0, 0.1) is 5.92 Å². The number of carbonyl (C=O) groups is 1. The number of thiocarbonyl (C=S) groups is 1. The van der Waals surface area contributed by atoms with Crippen LogP contribution in [0.15, 0.2) is 46.9 Å². The van der Waals surface area contributed by atoms with E-state index in [0.29, 0.717) is 55.1 Å². The first-order chi connectivity index (χ1) is 14.9. The number of hydrogen-bond acceptors (Lipinski definition) is 5. The van der Waals surface area contributed by atoms with Gasteiger partial charge in [0.15, 0.2) is 5.11 Å². The van der Waals surface area contributed by atoms with Gasteiger partial charge in [-0.15, -0.1) is 0 Å². The summed E-state index contributed by atoms with van der Waals surface area (Å²) >= 11 is 8.74. The summed E-state index contributed by atoms with van der Waals surface area (Å²) in [5.74, 6) is 1.66. The van der Waals surface area contributed by atoms with Gasteiger partial charge in [0.1, 0.15) is 18.1 Å². The van der Waals surface area contributed by atoms with E-state index in [2.05, 4.69) is 40.4 Å². The molecule has 8 heteroatoms. The number of ether oxygens (including phenoxy) is 3.